The Kier molecular flexibility index (Phi) is 10.8. The second kappa shape index (κ2) is 14.5. The third kappa shape index (κ3) is 8.93. The molecule has 0 spiro atoms. The van der Waals surface area contributed by atoms with E-state index in [4.69, 9.17) is 0 Å². The van der Waals surface area contributed by atoms with E-state index in [0.29, 0.717) is 17.5 Å². The number of benzene rings is 3. The van der Waals surface area contributed by atoms with E-state index in [-0.39, 0.29) is 17.4 Å². The van der Waals surface area contributed by atoms with Crippen LogP contribution in [0.1, 0.15) is 75.4 Å². The monoisotopic (exact) mass is 568 g/mol. The molecule has 1 aliphatic rings. The summed E-state index contributed by atoms with van der Waals surface area (Å²) in [6, 6.07) is 26.2. The van der Waals surface area contributed by atoms with Crippen LogP contribution >= 0.6 is 0 Å². The van der Waals surface area contributed by atoms with Gasteiger partial charge in [-0.25, -0.2) is 4.79 Å². The SMILES string of the molecule is CCCN(CC1CCN(C(=O)Nc2ccccc2)CC1)C(C)Cc1cccc(NC(=O)c2ccc(C(C)(C)C)cc2)c1. The molecule has 6 heteroatoms. The van der Waals surface area contributed by atoms with Gasteiger partial charge in [-0.15, -0.1) is 0 Å². The highest BCUT2D eigenvalue weighted by molar-refractivity contribution is 6.04. The summed E-state index contributed by atoms with van der Waals surface area (Å²) in [6.45, 7) is 14.7. The van der Waals surface area contributed by atoms with Gasteiger partial charge < -0.3 is 20.4 Å². The lowest BCUT2D eigenvalue weighted by molar-refractivity contribution is 0.102. The third-order valence-electron chi connectivity index (χ3n) is 8.28. The molecule has 1 aliphatic heterocycles. The number of piperidine rings is 1. The average molecular weight is 569 g/mol. The van der Waals surface area contributed by atoms with Crippen molar-refractivity contribution >= 4 is 23.3 Å². The van der Waals surface area contributed by atoms with Gasteiger partial charge in [0.05, 0.1) is 0 Å². The number of rotatable bonds is 10. The highest BCUT2D eigenvalue weighted by atomic mass is 16.2. The first-order valence-electron chi connectivity index (χ1n) is 15.5. The molecule has 0 radical (unpaired) electrons. The number of nitrogens with one attached hydrogen (secondary N) is 2. The summed E-state index contributed by atoms with van der Waals surface area (Å²) in [6.07, 6.45) is 4.07. The highest BCUT2D eigenvalue weighted by Crippen LogP contribution is 2.24. The van der Waals surface area contributed by atoms with E-state index < -0.39 is 0 Å². The van der Waals surface area contributed by atoms with Crippen molar-refractivity contribution in [2.45, 2.75) is 71.8 Å². The molecule has 1 unspecified atom stereocenters. The molecule has 224 valence electrons. The summed E-state index contributed by atoms with van der Waals surface area (Å²) in [4.78, 5) is 30.2. The van der Waals surface area contributed by atoms with Gasteiger partial charge in [-0.05, 0) is 98.0 Å². The molecule has 0 bridgehead atoms. The Morgan fingerprint density at radius 2 is 1.57 bits per heavy atom. The van der Waals surface area contributed by atoms with Crippen LogP contribution in [0.5, 0.6) is 0 Å². The van der Waals surface area contributed by atoms with E-state index in [1.54, 1.807) is 0 Å². The van der Waals surface area contributed by atoms with Crippen molar-refractivity contribution in [1.82, 2.24) is 9.80 Å². The molecule has 1 saturated heterocycles. The molecular formula is C36H48N4O2. The number of carbonyl (C=O) groups is 2. The van der Waals surface area contributed by atoms with Crippen LogP contribution in [0, 0.1) is 5.92 Å². The van der Waals surface area contributed by atoms with Crippen molar-refractivity contribution in [2.24, 2.45) is 5.92 Å². The number of likely N-dealkylation sites (tertiary alicyclic amines) is 1. The van der Waals surface area contributed by atoms with Gasteiger partial charge in [0.25, 0.3) is 5.91 Å². The molecule has 42 heavy (non-hydrogen) atoms. The lowest BCUT2D eigenvalue weighted by atomic mass is 9.87. The molecule has 0 aliphatic carbocycles. The maximum absolute atomic E-state index is 12.9. The van der Waals surface area contributed by atoms with Gasteiger partial charge in [-0.1, -0.05) is 70.2 Å². The third-order valence-corrected chi connectivity index (χ3v) is 8.28. The number of urea groups is 1. The van der Waals surface area contributed by atoms with Crippen LogP contribution in [0.4, 0.5) is 16.2 Å². The van der Waals surface area contributed by atoms with Crippen LogP contribution < -0.4 is 10.6 Å². The Labute approximate surface area is 252 Å². The second-order valence-electron chi connectivity index (χ2n) is 12.8. The van der Waals surface area contributed by atoms with Crippen molar-refractivity contribution < 1.29 is 9.59 Å². The number of anilines is 2. The molecule has 1 heterocycles. The average Bonchev–Trinajstić information content (AvgIpc) is 2.97. The van der Waals surface area contributed by atoms with E-state index >= 15 is 0 Å². The normalized spacial score (nSPS) is 15.0. The Hall–Kier alpha value is -3.64. The molecule has 1 atom stereocenters. The van der Waals surface area contributed by atoms with E-state index in [1.807, 2.05) is 71.6 Å². The fraction of sp³-hybridized carbons (Fsp3) is 0.444. The second-order valence-corrected chi connectivity index (χ2v) is 12.8. The van der Waals surface area contributed by atoms with Crippen LogP contribution in [0.15, 0.2) is 78.9 Å². The molecule has 0 aromatic heterocycles. The van der Waals surface area contributed by atoms with Crippen LogP contribution in [-0.2, 0) is 11.8 Å². The van der Waals surface area contributed by atoms with Crippen LogP contribution in [0.2, 0.25) is 0 Å². The molecule has 3 aromatic carbocycles. The zero-order valence-electron chi connectivity index (χ0n) is 26.0. The minimum absolute atomic E-state index is 0.00710. The van der Waals surface area contributed by atoms with Crippen molar-refractivity contribution in [3.63, 3.8) is 0 Å². The molecule has 2 N–H and O–H groups in total. The quantitative estimate of drug-likeness (QED) is 0.262. The fourth-order valence-electron chi connectivity index (χ4n) is 5.72. The number of carbonyl (C=O) groups excluding carboxylic acids is 2. The lowest BCUT2D eigenvalue weighted by Gasteiger charge is -2.37. The number of hydrogen-bond donors (Lipinski definition) is 2. The Morgan fingerprint density at radius 1 is 0.905 bits per heavy atom. The smallest absolute Gasteiger partial charge is 0.321 e. The van der Waals surface area contributed by atoms with Crippen molar-refractivity contribution in [1.29, 1.82) is 0 Å². The lowest BCUT2D eigenvalue weighted by Crippen LogP contribution is -2.45. The van der Waals surface area contributed by atoms with Crippen LogP contribution in [0.25, 0.3) is 0 Å². The first-order valence-corrected chi connectivity index (χ1v) is 15.5. The molecule has 3 amide bonds. The number of hydrogen-bond acceptors (Lipinski definition) is 3. The summed E-state index contributed by atoms with van der Waals surface area (Å²) in [5.74, 6) is 0.493. The van der Waals surface area contributed by atoms with E-state index in [1.165, 1.54) is 11.1 Å². The Bertz CT molecular complexity index is 1290. The molecule has 4 rings (SSSR count). The van der Waals surface area contributed by atoms with Gasteiger partial charge in [-0.2, -0.15) is 0 Å². The number of nitrogens with zero attached hydrogens (tertiary/aromatic N) is 2. The fourth-order valence-corrected chi connectivity index (χ4v) is 5.72. The summed E-state index contributed by atoms with van der Waals surface area (Å²) in [5, 5.41) is 6.11. The molecule has 3 aromatic rings. The van der Waals surface area contributed by atoms with E-state index in [9.17, 15) is 9.59 Å². The van der Waals surface area contributed by atoms with Gasteiger partial charge in [0.1, 0.15) is 0 Å². The number of amides is 3. The maximum Gasteiger partial charge on any atom is 0.321 e. The molecule has 6 nitrogen and oxygen atoms in total. The molecular weight excluding hydrogens is 520 g/mol. The van der Waals surface area contributed by atoms with Crippen molar-refractivity contribution in [2.75, 3.05) is 36.8 Å². The van der Waals surface area contributed by atoms with Crippen LogP contribution in [0.3, 0.4) is 0 Å². The summed E-state index contributed by atoms with van der Waals surface area (Å²) >= 11 is 0. The van der Waals surface area contributed by atoms with E-state index in [0.717, 1.165) is 63.2 Å². The van der Waals surface area contributed by atoms with Crippen molar-refractivity contribution in [3.05, 3.63) is 95.6 Å². The zero-order chi connectivity index (χ0) is 30.1. The van der Waals surface area contributed by atoms with Gasteiger partial charge >= 0.3 is 6.03 Å². The van der Waals surface area contributed by atoms with Crippen LogP contribution in [-0.4, -0.2) is 54.0 Å². The molecule has 1 fully saturated rings. The van der Waals surface area contributed by atoms with Gasteiger partial charge in [0.15, 0.2) is 0 Å². The Balaban J connectivity index is 1.29. The van der Waals surface area contributed by atoms with E-state index in [2.05, 4.69) is 62.3 Å². The minimum atomic E-state index is -0.0861. The predicted molar refractivity (Wildman–Crippen MR) is 174 cm³/mol. The summed E-state index contributed by atoms with van der Waals surface area (Å²) < 4.78 is 0. The van der Waals surface area contributed by atoms with Gasteiger partial charge in [-0.3, -0.25) is 4.79 Å². The first kappa shape index (κ1) is 31.3. The minimum Gasteiger partial charge on any atom is -0.325 e. The Morgan fingerprint density at radius 3 is 2.21 bits per heavy atom. The standard InChI is InChI=1S/C36H48N4O2/c1-6-21-40(26-28-19-22-39(23-20-28)35(42)38-32-12-8-7-9-13-32)27(2)24-29-11-10-14-33(25-29)37-34(41)30-15-17-31(18-16-30)36(3,4)5/h7-18,25,27-28H,6,19-24,26H2,1-5H3,(H,37,41)(H,38,42). The highest BCUT2D eigenvalue weighted by Gasteiger charge is 2.26. The zero-order valence-corrected chi connectivity index (χ0v) is 26.0. The molecule has 0 saturated carbocycles. The van der Waals surface area contributed by atoms with Crippen molar-refractivity contribution in [3.8, 4) is 0 Å². The number of para-hydroxylation sites is 1. The van der Waals surface area contributed by atoms with Gasteiger partial charge in [0.2, 0.25) is 0 Å². The summed E-state index contributed by atoms with van der Waals surface area (Å²) in [7, 11) is 0. The largest absolute Gasteiger partial charge is 0.325 e. The first-order chi connectivity index (χ1) is 20.1. The maximum atomic E-state index is 12.9. The summed E-state index contributed by atoms with van der Waals surface area (Å²) in [5.41, 5.74) is 4.82. The topological polar surface area (TPSA) is 64.7 Å². The predicted octanol–water partition coefficient (Wildman–Crippen LogP) is 7.82. The van der Waals surface area contributed by atoms with Gasteiger partial charge in [0, 0.05) is 42.6 Å².